The van der Waals surface area contributed by atoms with Gasteiger partial charge in [0.05, 0.1) is 5.54 Å². The van der Waals surface area contributed by atoms with Crippen molar-refractivity contribution in [2.45, 2.75) is 25.3 Å². The monoisotopic (exact) mass is 152 g/mol. The number of hydrogen-bond acceptors (Lipinski definition) is 2. The van der Waals surface area contributed by atoms with Crippen molar-refractivity contribution in [1.29, 1.82) is 0 Å². The quantitative estimate of drug-likeness (QED) is 0.590. The third kappa shape index (κ3) is 2.72. The lowest BCUT2D eigenvalue weighted by Crippen LogP contribution is -2.46. The van der Waals surface area contributed by atoms with Gasteiger partial charge in [-0.05, 0) is 6.92 Å². The van der Waals surface area contributed by atoms with Crippen molar-refractivity contribution in [1.82, 2.24) is 0 Å². The second-order valence-corrected chi connectivity index (χ2v) is 2.45. The molecule has 60 valence electrons. The lowest BCUT2D eigenvalue weighted by molar-refractivity contribution is -0.120. The fourth-order valence-corrected chi connectivity index (χ4v) is 0.453. The number of rotatable bonds is 3. The SMILES string of the molecule is CC(N)(CC(N)=O)C(F)F. The molecule has 0 aliphatic carbocycles. The Kier molecular flexibility index (Phi) is 2.71. The first-order valence-corrected chi connectivity index (χ1v) is 2.71. The first-order valence-electron chi connectivity index (χ1n) is 2.71. The Bertz CT molecular complexity index is 136. The Hall–Kier alpha value is -0.710. The van der Waals surface area contributed by atoms with E-state index >= 15 is 0 Å². The van der Waals surface area contributed by atoms with E-state index in [1.54, 1.807) is 0 Å². The third-order valence-electron chi connectivity index (χ3n) is 1.05. The van der Waals surface area contributed by atoms with E-state index in [2.05, 4.69) is 5.73 Å². The van der Waals surface area contributed by atoms with Crippen LogP contribution >= 0.6 is 0 Å². The molecule has 5 heteroatoms. The average Bonchev–Trinajstić information content (AvgIpc) is 1.60. The molecule has 0 heterocycles. The van der Waals surface area contributed by atoms with Gasteiger partial charge in [0.2, 0.25) is 5.91 Å². The van der Waals surface area contributed by atoms with Gasteiger partial charge >= 0.3 is 0 Å². The van der Waals surface area contributed by atoms with Crippen LogP contribution in [0.2, 0.25) is 0 Å². The topological polar surface area (TPSA) is 69.1 Å². The minimum atomic E-state index is -2.72. The molecular formula is C5H10F2N2O. The van der Waals surface area contributed by atoms with Gasteiger partial charge < -0.3 is 11.5 Å². The van der Waals surface area contributed by atoms with E-state index < -0.39 is 24.3 Å². The van der Waals surface area contributed by atoms with Gasteiger partial charge in [0.15, 0.2) is 0 Å². The summed E-state index contributed by atoms with van der Waals surface area (Å²) in [5, 5.41) is 0. The number of nitrogens with two attached hydrogens (primary N) is 2. The van der Waals surface area contributed by atoms with Gasteiger partial charge in [-0.25, -0.2) is 8.78 Å². The largest absolute Gasteiger partial charge is 0.370 e. The van der Waals surface area contributed by atoms with Crippen LogP contribution in [-0.2, 0) is 4.79 Å². The highest BCUT2D eigenvalue weighted by atomic mass is 19.3. The maximum absolute atomic E-state index is 11.8. The Labute approximate surface area is 57.4 Å². The standard InChI is InChI=1S/C5H10F2N2O/c1-5(9,4(6)7)2-3(8)10/h4H,2,9H2,1H3,(H2,8,10). The zero-order chi connectivity index (χ0) is 8.36. The summed E-state index contributed by atoms with van der Waals surface area (Å²) in [7, 11) is 0. The minimum Gasteiger partial charge on any atom is -0.370 e. The lowest BCUT2D eigenvalue weighted by Gasteiger charge is -2.20. The molecule has 0 saturated heterocycles. The summed E-state index contributed by atoms with van der Waals surface area (Å²) in [5.41, 5.74) is 7.89. The van der Waals surface area contributed by atoms with Crippen molar-refractivity contribution in [2.24, 2.45) is 11.5 Å². The minimum absolute atomic E-state index is 0.495. The molecule has 0 bridgehead atoms. The molecule has 0 spiro atoms. The number of hydrogen-bond donors (Lipinski definition) is 2. The van der Waals surface area contributed by atoms with Crippen LogP contribution in [0.3, 0.4) is 0 Å². The van der Waals surface area contributed by atoms with Crippen LogP contribution < -0.4 is 11.5 Å². The van der Waals surface area contributed by atoms with Gasteiger partial charge in [-0.1, -0.05) is 0 Å². The van der Waals surface area contributed by atoms with E-state index in [1.165, 1.54) is 0 Å². The molecule has 10 heavy (non-hydrogen) atoms. The predicted octanol–water partition coefficient (Wildman–Crippen LogP) is -0.156. The number of amides is 1. The van der Waals surface area contributed by atoms with Crippen molar-refractivity contribution in [3.63, 3.8) is 0 Å². The summed E-state index contributed by atoms with van der Waals surface area (Å²) in [6, 6.07) is 0. The molecular weight excluding hydrogens is 142 g/mol. The summed E-state index contributed by atoms with van der Waals surface area (Å²) in [6.45, 7) is 1.09. The number of alkyl halides is 2. The van der Waals surface area contributed by atoms with Gasteiger partial charge in [0.25, 0.3) is 6.43 Å². The maximum Gasteiger partial charge on any atom is 0.256 e. The summed E-state index contributed by atoms with van der Waals surface area (Å²) < 4.78 is 23.7. The van der Waals surface area contributed by atoms with E-state index in [0.717, 1.165) is 6.92 Å². The molecule has 1 unspecified atom stereocenters. The van der Waals surface area contributed by atoms with Crippen LogP contribution in [0.5, 0.6) is 0 Å². The van der Waals surface area contributed by atoms with Crippen molar-refractivity contribution in [2.75, 3.05) is 0 Å². The number of halogens is 2. The molecule has 0 aliphatic heterocycles. The maximum atomic E-state index is 11.8. The van der Waals surface area contributed by atoms with Gasteiger partial charge in [-0.2, -0.15) is 0 Å². The number of carbonyl (C=O) groups excluding carboxylic acids is 1. The van der Waals surface area contributed by atoms with E-state index in [0.29, 0.717) is 0 Å². The van der Waals surface area contributed by atoms with E-state index in [-0.39, 0.29) is 0 Å². The summed E-state index contributed by atoms with van der Waals surface area (Å²) in [6.07, 6.45) is -3.22. The summed E-state index contributed by atoms with van der Waals surface area (Å²) in [5.74, 6) is -0.815. The molecule has 3 nitrogen and oxygen atoms in total. The smallest absolute Gasteiger partial charge is 0.256 e. The average molecular weight is 152 g/mol. The van der Waals surface area contributed by atoms with Crippen molar-refractivity contribution < 1.29 is 13.6 Å². The first kappa shape index (κ1) is 9.29. The highest BCUT2D eigenvalue weighted by molar-refractivity contribution is 5.75. The Morgan fingerprint density at radius 3 is 2.20 bits per heavy atom. The Morgan fingerprint density at radius 1 is 1.70 bits per heavy atom. The van der Waals surface area contributed by atoms with Crippen LogP contribution in [0.25, 0.3) is 0 Å². The van der Waals surface area contributed by atoms with Gasteiger partial charge in [0, 0.05) is 6.42 Å². The number of primary amides is 1. The second kappa shape index (κ2) is 2.92. The molecule has 0 radical (unpaired) electrons. The Morgan fingerprint density at radius 2 is 2.10 bits per heavy atom. The molecule has 0 aliphatic rings. The third-order valence-corrected chi connectivity index (χ3v) is 1.05. The molecule has 0 saturated carbocycles. The molecule has 0 fully saturated rings. The van der Waals surface area contributed by atoms with Crippen molar-refractivity contribution in [3.05, 3.63) is 0 Å². The van der Waals surface area contributed by atoms with Gasteiger partial charge in [0.1, 0.15) is 0 Å². The molecule has 0 aromatic heterocycles. The summed E-state index contributed by atoms with van der Waals surface area (Å²) in [4.78, 5) is 10.1. The van der Waals surface area contributed by atoms with Gasteiger partial charge in [-0.15, -0.1) is 0 Å². The van der Waals surface area contributed by atoms with Crippen molar-refractivity contribution in [3.8, 4) is 0 Å². The fraction of sp³-hybridized carbons (Fsp3) is 0.800. The van der Waals surface area contributed by atoms with Gasteiger partial charge in [-0.3, -0.25) is 4.79 Å². The van der Waals surface area contributed by atoms with E-state index in [4.69, 9.17) is 5.73 Å². The van der Waals surface area contributed by atoms with Crippen LogP contribution in [0.1, 0.15) is 13.3 Å². The molecule has 1 atom stereocenters. The van der Waals surface area contributed by atoms with Crippen LogP contribution in [0, 0.1) is 0 Å². The first-order chi connectivity index (χ1) is 4.36. The number of carbonyl (C=O) groups is 1. The second-order valence-electron chi connectivity index (χ2n) is 2.45. The molecule has 0 rings (SSSR count). The molecule has 0 aromatic rings. The predicted molar refractivity (Wildman–Crippen MR) is 32.4 cm³/mol. The van der Waals surface area contributed by atoms with Crippen LogP contribution in [0.15, 0.2) is 0 Å². The normalized spacial score (nSPS) is 16.9. The highest BCUT2D eigenvalue weighted by Crippen LogP contribution is 2.14. The molecule has 0 aromatic carbocycles. The fourth-order valence-electron chi connectivity index (χ4n) is 0.453. The van der Waals surface area contributed by atoms with E-state index in [9.17, 15) is 13.6 Å². The van der Waals surface area contributed by atoms with Crippen molar-refractivity contribution >= 4 is 5.91 Å². The zero-order valence-corrected chi connectivity index (χ0v) is 5.60. The Balaban J connectivity index is 3.99. The van der Waals surface area contributed by atoms with Crippen LogP contribution in [0.4, 0.5) is 8.78 Å². The highest BCUT2D eigenvalue weighted by Gasteiger charge is 2.31. The zero-order valence-electron chi connectivity index (χ0n) is 5.60. The van der Waals surface area contributed by atoms with E-state index in [1.807, 2.05) is 0 Å². The molecule has 4 N–H and O–H groups in total. The van der Waals surface area contributed by atoms with Crippen LogP contribution in [-0.4, -0.2) is 17.9 Å². The molecule has 1 amide bonds. The summed E-state index contributed by atoms with van der Waals surface area (Å²) >= 11 is 0. The lowest BCUT2D eigenvalue weighted by atomic mass is 10.0.